The van der Waals surface area contributed by atoms with Gasteiger partial charge in [-0.3, -0.25) is 0 Å². The van der Waals surface area contributed by atoms with Crippen LogP contribution in [0, 0.1) is 0 Å². The van der Waals surface area contributed by atoms with Crippen LogP contribution in [0.25, 0.3) is 10.1 Å². The van der Waals surface area contributed by atoms with Gasteiger partial charge in [-0.15, -0.1) is 11.3 Å². The minimum atomic E-state index is -0.387. The van der Waals surface area contributed by atoms with E-state index in [1.165, 1.54) is 18.4 Å². The molecule has 0 saturated carbocycles. The van der Waals surface area contributed by atoms with Gasteiger partial charge >= 0.3 is 5.97 Å². The van der Waals surface area contributed by atoms with Crippen LogP contribution in [0.1, 0.15) is 15.4 Å². The first-order valence-electron chi connectivity index (χ1n) is 6.86. The molecule has 2 N–H and O–H groups in total. The van der Waals surface area contributed by atoms with Gasteiger partial charge in [0.25, 0.3) is 0 Å². The van der Waals surface area contributed by atoms with Crippen LogP contribution in [-0.4, -0.2) is 18.2 Å². The zero-order valence-electron chi connectivity index (χ0n) is 12.3. The van der Waals surface area contributed by atoms with Gasteiger partial charge in [0.05, 0.1) is 25.6 Å². The molecular weight excluding hydrogens is 332 g/mol. The monoisotopic (exact) mass is 346 g/mol. The number of thiocarbonyl (C=S) groups is 1. The molecule has 2 aromatic heterocycles. The molecule has 0 amide bonds. The number of benzene rings is 1. The van der Waals surface area contributed by atoms with Crippen LogP contribution in [0.3, 0.4) is 0 Å². The number of nitrogens with one attached hydrogen (secondary N) is 2. The molecule has 1 aromatic carbocycles. The van der Waals surface area contributed by atoms with Gasteiger partial charge in [-0.2, -0.15) is 0 Å². The molecule has 2 heterocycles. The Kier molecular flexibility index (Phi) is 4.59. The molecule has 0 aliphatic heterocycles. The molecule has 3 aromatic rings. The minimum absolute atomic E-state index is 0.387. The molecule has 23 heavy (non-hydrogen) atoms. The van der Waals surface area contributed by atoms with Gasteiger partial charge < -0.3 is 19.8 Å². The molecule has 118 valence electrons. The molecule has 7 heteroatoms. The molecule has 0 fully saturated rings. The Morgan fingerprint density at radius 3 is 2.87 bits per heavy atom. The molecule has 0 atom stereocenters. The van der Waals surface area contributed by atoms with Crippen LogP contribution < -0.4 is 10.6 Å². The third-order valence-electron chi connectivity index (χ3n) is 3.21. The predicted molar refractivity (Wildman–Crippen MR) is 94.9 cm³/mol. The smallest absolute Gasteiger partial charge is 0.350 e. The lowest BCUT2D eigenvalue weighted by Crippen LogP contribution is -2.28. The fraction of sp³-hybridized carbons (Fsp3) is 0.125. The Morgan fingerprint density at radius 2 is 2.13 bits per heavy atom. The predicted octanol–water partition coefficient (Wildman–Crippen LogP) is 3.77. The maximum atomic E-state index is 12.0. The molecule has 0 radical (unpaired) electrons. The van der Waals surface area contributed by atoms with Crippen molar-refractivity contribution in [2.75, 3.05) is 12.4 Å². The molecule has 3 rings (SSSR count). The number of carbonyl (C=O) groups excluding carboxylic acids is 1. The van der Waals surface area contributed by atoms with E-state index in [1.54, 1.807) is 6.26 Å². The summed E-state index contributed by atoms with van der Waals surface area (Å²) >= 11 is 6.68. The summed E-state index contributed by atoms with van der Waals surface area (Å²) in [4.78, 5) is 12.5. The van der Waals surface area contributed by atoms with E-state index in [0.29, 0.717) is 22.2 Å². The van der Waals surface area contributed by atoms with E-state index in [0.717, 1.165) is 15.8 Å². The number of anilines is 1. The van der Waals surface area contributed by atoms with Crippen molar-refractivity contribution in [1.82, 2.24) is 5.32 Å². The molecule has 0 aliphatic rings. The number of methoxy groups -OCH3 is 1. The van der Waals surface area contributed by atoms with E-state index in [-0.39, 0.29) is 5.97 Å². The normalized spacial score (nSPS) is 10.5. The molecule has 5 nitrogen and oxygen atoms in total. The number of esters is 1. The first-order chi connectivity index (χ1) is 11.2. The number of fused-ring (bicyclic) bond motifs is 1. The van der Waals surface area contributed by atoms with Crippen LogP contribution >= 0.6 is 23.6 Å². The molecular formula is C16H14N2O3S2. The quantitative estimate of drug-likeness (QED) is 0.554. The van der Waals surface area contributed by atoms with Crippen molar-refractivity contribution in [2.24, 2.45) is 0 Å². The summed E-state index contributed by atoms with van der Waals surface area (Å²) in [6.45, 7) is 0.467. The summed E-state index contributed by atoms with van der Waals surface area (Å²) in [5, 5.41) is 7.49. The molecule has 0 aliphatic carbocycles. The van der Waals surface area contributed by atoms with E-state index in [2.05, 4.69) is 10.6 Å². The number of carbonyl (C=O) groups is 1. The van der Waals surface area contributed by atoms with Crippen LogP contribution in [-0.2, 0) is 11.3 Å². The number of ether oxygens (including phenoxy) is 1. The maximum absolute atomic E-state index is 12.0. The summed E-state index contributed by atoms with van der Waals surface area (Å²) in [6, 6.07) is 11.4. The highest BCUT2D eigenvalue weighted by atomic mass is 32.1. The van der Waals surface area contributed by atoms with Crippen molar-refractivity contribution < 1.29 is 13.9 Å². The zero-order valence-corrected chi connectivity index (χ0v) is 13.9. The van der Waals surface area contributed by atoms with E-state index < -0.39 is 0 Å². The number of thiophene rings is 1. The highest BCUT2D eigenvalue weighted by Crippen LogP contribution is 2.36. The minimum Gasteiger partial charge on any atom is -0.467 e. The number of rotatable bonds is 4. The number of hydrogen-bond acceptors (Lipinski definition) is 5. The van der Waals surface area contributed by atoms with Gasteiger partial charge in [0.2, 0.25) is 0 Å². The molecule has 0 unspecified atom stereocenters. The lowest BCUT2D eigenvalue weighted by atomic mass is 10.2. The molecule has 0 saturated heterocycles. The Hall–Kier alpha value is -2.38. The second-order valence-corrected chi connectivity index (χ2v) is 6.14. The standard InChI is InChI=1S/C16H14N2O3S2/c1-20-15(19)14-13(11-6-2-3-7-12(11)23-14)18-16(22)17-9-10-5-4-8-21-10/h2-8H,9H2,1H3,(H2,17,18,22). The highest BCUT2D eigenvalue weighted by Gasteiger charge is 2.19. The van der Waals surface area contributed by atoms with Crippen LogP contribution in [0.15, 0.2) is 47.1 Å². The molecule has 0 spiro atoms. The Bertz CT molecular complexity index is 840. The van der Waals surface area contributed by atoms with Crippen molar-refractivity contribution >= 4 is 50.4 Å². The maximum Gasteiger partial charge on any atom is 0.350 e. The summed E-state index contributed by atoms with van der Waals surface area (Å²) in [5.74, 6) is 0.389. The van der Waals surface area contributed by atoms with Gasteiger partial charge in [-0.25, -0.2) is 4.79 Å². The summed E-state index contributed by atoms with van der Waals surface area (Å²) < 4.78 is 11.1. The first-order valence-corrected chi connectivity index (χ1v) is 8.08. The van der Waals surface area contributed by atoms with Crippen LogP contribution in [0.5, 0.6) is 0 Å². The third-order valence-corrected chi connectivity index (χ3v) is 4.61. The summed E-state index contributed by atoms with van der Waals surface area (Å²) in [5.41, 5.74) is 0.661. The second kappa shape index (κ2) is 6.80. The Morgan fingerprint density at radius 1 is 1.30 bits per heavy atom. The fourth-order valence-electron chi connectivity index (χ4n) is 2.14. The van der Waals surface area contributed by atoms with E-state index in [9.17, 15) is 4.79 Å². The summed E-state index contributed by atoms with van der Waals surface area (Å²) in [6.07, 6.45) is 1.61. The van der Waals surface area contributed by atoms with Crippen molar-refractivity contribution in [3.05, 3.63) is 53.3 Å². The average Bonchev–Trinajstić information content (AvgIpc) is 3.20. The van der Waals surface area contributed by atoms with Crippen molar-refractivity contribution in [3.8, 4) is 0 Å². The van der Waals surface area contributed by atoms with Crippen LogP contribution in [0.4, 0.5) is 5.69 Å². The third kappa shape index (κ3) is 3.35. The van der Waals surface area contributed by atoms with Gasteiger partial charge in [0.15, 0.2) is 5.11 Å². The SMILES string of the molecule is COC(=O)c1sc2ccccc2c1NC(=S)NCc1ccco1. The number of furan rings is 1. The summed E-state index contributed by atoms with van der Waals surface area (Å²) in [7, 11) is 1.37. The largest absolute Gasteiger partial charge is 0.467 e. The average molecular weight is 346 g/mol. The lowest BCUT2D eigenvalue weighted by Gasteiger charge is -2.10. The van der Waals surface area contributed by atoms with Gasteiger partial charge in [-0.1, -0.05) is 18.2 Å². The van der Waals surface area contributed by atoms with Gasteiger partial charge in [0, 0.05) is 10.1 Å². The van der Waals surface area contributed by atoms with Crippen molar-refractivity contribution in [3.63, 3.8) is 0 Å². The Balaban J connectivity index is 1.83. The van der Waals surface area contributed by atoms with E-state index in [1.807, 2.05) is 36.4 Å². The van der Waals surface area contributed by atoms with Crippen molar-refractivity contribution in [1.29, 1.82) is 0 Å². The topological polar surface area (TPSA) is 63.5 Å². The first kappa shape index (κ1) is 15.5. The zero-order chi connectivity index (χ0) is 16.2. The van der Waals surface area contributed by atoms with Crippen molar-refractivity contribution in [2.45, 2.75) is 6.54 Å². The molecule has 0 bridgehead atoms. The van der Waals surface area contributed by atoms with Crippen LogP contribution in [0.2, 0.25) is 0 Å². The van der Waals surface area contributed by atoms with Gasteiger partial charge in [-0.05, 0) is 30.4 Å². The Labute approximate surface area is 142 Å². The second-order valence-electron chi connectivity index (χ2n) is 4.68. The lowest BCUT2D eigenvalue weighted by molar-refractivity contribution is 0.0607. The van der Waals surface area contributed by atoms with E-state index >= 15 is 0 Å². The number of hydrogen-bond donors (Lipinski definition) is 2. The fourth-order valence-corrected chi connectivity index (χ4v) is 3.39. The van der Waals surface area contributed by atoms with E-state index in [4.69, 9.17) is 21.4 Å². The van der Waals surface area contributed by atoms with Gasteiger partial charge in [0.1, 0.15) is 10.6 Å². The highest BCUT2D eigenvalue weighted by molar-refractivity contribution is 7.80.